The van der Waals surface area contributed by atoms with Crippen LogP contribution < -0.4 is 16.8 Å². The standard InChI is InChI=1S/C6H8FN3/c7-5-1-3-6(4-2-5)9-10-8/h1-4,9-10H,8H2. The van der Waals surface area contributed by atoms with Crippen LogP contribution in [-0.4, -0.2) is 0 Å². The van der Waals surface area contributed by atoms with Crippen LogP contribution in [0.5, 0.6) is 0 Å². The quantitative estimate of drug-likeness (QED) is 0.418. The van der Waals surface area contributed by atoms with Gasteiger partial charge in [0.2, 0.25) is 0 Å². The van der Waals surface area contributed by atoms with Crippen molar-refractivity contribution in [2.45, 2.75) is 0 Å². The Balaban J connectivity index is 2.69. The van der Waals surface area contributed by atoms with Gasteiger partial charge >= 0.3 is 0 Å². The van der Waals surface area contributed by atoms with Crippen molar-refractivity contribution in [2.24, 2.45) is 5.84 Å². The van der Waals surface area contributed by atoms with Crippen LogP contribution in [0.1, 0.15) is 0 Å². The van der Waals surface area contributed by atoms with E-state index in [1.165, 1.54) is 12.1 Å². The lowest BCUT2D eigenvalue weighted by atomic mass is 10.3. The van der Waals surface area contributed by atoms with Crippen LogP contribution in [0.2, 0.25) is 0 Å². The van der Waals surface area contributed by atoms with Gasteiger partial charge in [-0.2, -0.15) is 5.53 Å². The van der Waals surface area contributed by atoms with Gasteiger partial charge < -0.3 is 5.43 Å². The van der Waals surface area contributed by atoms with Gasteiger partial charge in [0.25, 0.3) is 0 Å². The molecule has 0 amide bonds. The third kappa shape index (κ3) is 1.68. The molecule has 0 bridgehead atoms. The van der Waals surface area contributed by atoms with E-state index in [2.05, 4.69) is 11.0 Å². The van der Waals surface area contributed by atoms with Crippen molar-refractivity contribution in [3.63, 3.8) is 0 Å². The number of benzene rings is 1. The maximum absolute atomic E-state index is 12.2. The van der Waals surface area contributed by atoms with Crippen molar-refractivity contribution in [1.82, 2.24) is 5.53 Å². The first-order valence-electron chi connectivity index (χ1n) is 2.80. The highest BCUT2D eigenvalue weighted by molar-refractivity contribution is 5.41. The Kier molecular flexibility index (Phi) is 2.20. The Bertz CT molecular complexity index is 197. The van der Waals surface area contributed by atoms with Crippen molar-refractivity contribution in [3.05, 3.63) is 30.1 Å². The number of hydrogen-bond acceptors (Lipinski definition) is 3. The second-order valence-corrected chi connectivity index (χ2v) is 1.78. The molecular formula is C6H8FN3. The Hall–Kier alpha value is -1.13. The van der Waals surface area contributed by atoms with Crippen LogP contribution in [0, 0.1) is 5.82 Å². The minimum absolute atomic E-state index is 0.262. The van der Waals surface area contributed by atoms with Crippen LogP contribution in [0.3, 0.4) is 0 Å². The number of halogens is 1. The predicted octanol–water partition coefficient (Wildman–Crippen LogP) is 0.616. The summed E-state index contributed by atoms with van der Waals surface area (Å²) in [6.07, 6.45) is 0. The summed E-state index contributed by atoms with van der Waals surface area (Å²) < 4.78 is 12.2. The number of rotatable bonds is 2. The Morgan fingerprint density at radius 3 is 2.30 bits per heavy atom. The van der Waals surface area contributed by atoms with Gasteiger partial charge in [-0.25, -0.2) is 4.39 Å². The topological polar surface area (TPSA) is 50.1 Å². The highest BCUT2D eigenvalue weighted by Crippen LogP contribution is 2.05. The molecule has 0 radical (unpaired) electrons. The number of hydrazine groups is 2. The second kappa shape index (κ2) is 3.14. The number of anilines is 1. The second-order valence-electron chi connectivity index (χ2n) is 1.78. The van der Waals surface area contributed by atoms with Gasteiger partial charge in [-0.05, 0) is 24.3 Å². The van der Waals surface area contributed by atoms with Gasteiger partial charge in [0.05, 0.1) is 5.69 Å². The largest absolute Gasteiger partial charge is 0.308 e. The molecular weight excluding hydrogens is 133 g/mol. The van der Waals surface area contributed by atoms with E-state index >= 15 is 0 Å². The fraction of sp³-hybridized carbons (Fsp3) is 0. The van der Waals surface area contributed by atoms with Gasteiger partial charge in [-0.3, -0.25) is 5.84 Å². The Morgan fingerprint density at radius 1 is 1.20 bits per heavy atom. The van der Waals surface area contributed by atoms with E-state index in [9.17, 15) is 4.39 Å². The molecule has 54 valence electrons. The normalized spacial score (nSPS) is 9.40. The maximum Gasteiger partial charge on any atom is 0.123 e. The summed E-state index contributed by atoms with van der Waals surface area (Å²) in [5.74, 6) is 4.68. The lowest BCUT2D eigenvalue weighted by Crippen LogP contribution is -2.28. The first-order valence-corrected chi connectivity index (χ1v) is 2.80. The summed E-state index contributed by atoms with van der Waals surface area (Å²) in [4.78, 5) is 0. The maximum atomic E-state index is 12.2. The lowest BCUT2D eigenvalue weighted by Gasteiger charge is -2.01. The molecule has 0 aromatic heterocycles. The molecule has 0 spiro atoms. The van der Waals surface area contributed by atoms with Crippen LogP contribution in [-0.2, 0) is 0 Å². The van der Waals surface area contributed by atoms with Gasteiger partial charge in [0.1, 0.15) is 5.82 Å². The predicted molar refractivity (Wildman–Crippen MR) is 37.3 cm³/mol. The summed E-state index contributed by atoms with van der Waals surface area (Å²) in [6.45, 7) is 0. The molecule has 3 nitrogen and oxygen atoms in total. The third-order valence-electron chi connectivity index (χ3n) is 1.06. The molecule has 0 unspecified atom stereocenters. The number of hydrogen-bond donors (Lipinski definition) is 3. The molecule has 0 aliphatic heterocycles. The van der Waals surface area contributed by atoms with Crippen molar-refractivity contribution < 1.29 is 4.39 Å². The first kappa shape index (κ1) is 6.98. The van der Waals surface area contributed by atoms with E-state index in [0.29, 0.717) is 0 Å². The average molecular weight is 141 g/mol. The molecule has 1 aromatic rings. The summed E-state index contributed by atoms with van der Waals surface area (Å²) in [5, 5.41) is 0. The summed E-state index contributed by atoms with van der Waals surface area (Å²) >= 11 is 0. The number of nitrogens with one attached hydrogen (secondary N) is 2. The molecule has 0 atom stereocenters. The summed E-state index contributed by atoms with van der Waals surface area (Å²) in [6, 6.07) is 5.85. The van der Waals surface area contributed by atoms with E-state index in [1.807, 2.05) is 0 Å². The zero-order chi connectivity index (χ0) is 7.40. The van der Waals surface area contributed by atoms with Gasteiger partial charge in [-0.1, -0.05) is 0 Å². The van der Waals surface area contributed by atoms with Gasteiger partial charge in [0.15, 0.2) is 0 Å². The average Bonchev–Trinajstić information content (AvgIpc) is 1.95. The minimum Gasteiger partial charge on any atom is -0.308 e. The van der Waals surface area contributed by atoms with E-state index in [4.69, 9.17) is 5.84 Å². The van der Waals surface area contributed by atoms with Crippen molar-refractivity contribution in [1.29, 1.82) is 0 Å². The molecule has 1 rings (SSSR count). The monoisotopic (exact) mass is 141 g/mol. The molecule has 0 fully saturated rings. The third-order valence-corrected chi connectivity index (χ3v) is 1.06. The van der Waals surface area contributed by atoms with Crippen LogP contribution in [0.25, 0.3) is 0 Å². The first-order chi connectivity index (χ1) is 4.83. The molecule has 0 saturated heterocycles. The smallest absolute Gasteiger partial charge is 0.123 e. The fourth-order valence-corrected chi connectivity index (χ4v) is 0.617. The van der Waals surface area contributed by atoms with Crippen molar-refractivity contribution >= 4 is 5.69 Å². The molecule has 0 aliphatic rings. The Morgan fingerprint density at radius 2 is 1.80 bits per heavy atom. The number of nitrogens with two attached hydrogens (primary N) is 1. The summed E-state index contributed by atoms with van der Waals surface area (Å²) in [7, 11) is 0. The Labute approximate surface area is 58.0 Å². The lowest BCUT2D eigenvalue weighted by molar-refractivity contribution is 0.628. The van der Waals surface area contributed by atoms with Crippen LogP contribution >= 0.6 is 0 Å². The van der Waals surface area contributed by atoms with Crippen LogP contribution in [0.15, 0.2) is 24.3 Å². The van der Waals surface area contributed by atoms with E-state index in [-0.39, 0.29) is 5.82 Å². The fourth-order valence-electron chi connectivity index (χ4n) is 0.617. The summed E-state index contributed by atoms with van der Waals surface area (Å²) in [5.41, 5.74) is 5.55. The zero-order valence-electron chi connectivity index (χ0n) is 5.26. The highest BCUT2D eigenvalue weighted by Gasteiger charge is 1.88. The molecule has 4 N–H and O–H groups in total. The molecule has 0 saturated carbocycles. The van der Waals surface area contributed by atoms with Gasteiger partial charge in [-0.15, -0.1) is 0 Å². The molecule has 10 heavy (non-hydrogen) atoms. The molecule has 4 heteroatoms. The van der Waals surface area contributed by atoms with Gasteiger partial charge in [0, 0.05) is 0 Å². The van der Waals surface area contributed by atoms with Crippen LogP contribution in [0.4, 0.5) is 10.1 Å². The zero-order valence-corrected chi connectivity index (χ0v) is 5.26. The van der Waals surface area contributed by atoms with E-state index in [1.54, 1.807) is 12.1 Å². The molecule has 1 aromatic carbocycles. The molecule has 0 aliphatic carbocycles. The van der Waals surface area contributed by atoms with Crippen molar-refractivity contribution in [2.75, 3.05) is 5.43 Å². The SMILES string of the molecule is NNNc1ccc(F)cc1. The minimum atomic E-state index is -0.262. The highest BCUT2D eigenvalue weighted by atomic mass is 19.1. The van der Waals surface area contributed by atoms with Crippen molar-refractivity contribution in [3.8, 4) is 0 Å². The van der Waals surface area contributed by atoms with E-state index in [0.717, 1.165) is 5.69 Å². The molecule has 0 heterocycles. The van der Waals surface area contributed by atoms with E-state index < -0.39 is 0 Å².